The summed E-state index contributed by atoms with van der Waals surface area (Å²) in [5, 5.41) is 8.93. The summed E-state index contributed by atoms with van der Waals surface area (Å²) in [6.07, 6.45) is 1.64. The third kappa shape index (κ3) is 4.36. The summed E-state index contributed by atoms with van der Waals surface area (Å²) in [5.74, 6) is -1.21. The Morgan fingerprint density at radius 1 is 1.35 bits per heavy atom. The van der Waals surface area contributed by atoms with E-state index in [0.29, 0.717) is 5.56 Å². The van der Waals surface area contributed by atoms with Gasteiger partial charge in [-0.15, -0.1) is 11.3 Å². The molecule has 7 heteroatoms. The van der Waals surface area contributed by atoms with E-state index in [-0.39, 0.29) is 11.7 Å². The summed E-state index contributed by atoms with van der Waals surface area (Å²) >= 11 is 6.54. The Morgan fingerprint density at radius 2 is 2.20 bits per heavy atom. The molecule has 1 aromatic carbocycles. The number of nitrogens with one attached hydrogen (secondary N) is 2. The number of nitrogens with zero attached hydrogens (tertiary/aromatic N) is 1. The number of hydrogen-bond acceptors (Lipinski definition) is 3. The van der Waals surface area contributed by atoms with Crippen LogP contribution in [0, 0.1) is 11.6 Å². The SMILES string of the molecule is Fc1ccc(CNC(=S)N/N=C/c2cccs2)c(F)c1. The zero-order valence-electron chi connectivity index (χ0n) is 10.3. The molecule has 0 aliphatic heterocycles. The molecule has 104 valence electrons. The van der Waals surface area contributed by atoms with Crippen LogP contribution in [0.25, 0.3) is 0 Å². The molecule has 2 N–H and O–H groups in total. The van der Waals surface area contributed by atoms with E-state index in [4.69, 9.17) is 12.2 Å². The van der Waals surface area contributed by atoms with Crippen LogP contribution in [0.15, 0.2) is 40.8 Å². The molecule has 0 spiro atoms. The molecule has 1 heterocycles. The van der Waals surface area contributed by atoms with Crippen LogP contribution in [0.3, 0.4) is 0 Å². The highest BCUT2D eigenvalue weighted by atomic mass is 32.1. The van der Waals surface area contributed by atoms with Crippen molar-refractivity contribution in [2.45, 2.75) is 6.54 Å². The van der Waals surface area contributed by atoms with Crippen molar-refractivity contribution in [3.63, 3.8) is 0 Å². The fraction of sp³-hybridized carbons (Fsp3) is 0.0769. The van der Waals surface area contributed by atoms with E-state index in [2.05, 4.69) is 15.8 Å². The van der Waals surface area contributed by atoms with E-state index in [1.807, 2.05) is 17.5 Å². The minimum Gasteiger partial charge on any atom is -0.357 e. The molecule has 2 aromatic rings. The second kappa shape index (κ2) is 7.06. The van der Waals surface area contributed by atoms with Crippen molar-refractivity contribution in [2.75, 3.05) is 0 Å². The Hall–Kier alpha value is -1.86. The summed E-state index contributed by atoms with van der Waals surface area (Å²) in [4.78, 5) is 0.991. The first-order valence-electron chi connectivity index (χ1n) is 5.69. The minimum absolute atomic E-state index is 0.159. The molecule has 3 nitrogen and oxygen atoms in total. The molecule has 0 saturated carbocycles. The molecule has 0 aliphatic rings. The standard InChI is InChI=1S/C13H11F2N3S2/c14-10-4-3-9(12(15)6-10)7-16-13(19)18-17-8-11-2-1-5-20-11/h1-6,8H,7H2,(H2,16,18,19)/b17-8+. The average Bonchev–Trinajstić information content (AvgIpc) is 2.91. The second-order valence-corrected chi connectivity index (χ2v) is 5.19. The smallest absolute Gasteiger partial charge is 0.187 e. The number of hydrogen-bond donors (Lipinski definition) is 2. The highest BCUT2D eigenvalue weighted by Crippen LogP contribution is 2.08. The zero-order valence-corrected chi connectivity index (χ0v) is 11.9. The first-order chi connectivity index (χ1) is 9.65. The molecule has 20 heavy (non-hydrogen) atoms. The third-order valence-electron chi connectivity index (χ3n) is 2.36. The minimum atomic E-state index is -0.609. The summed E-state index contributed by atoms with van der Waals surface area (Å²) in [6, 6.07) is 7.24. The van der Waals surface area contributed by atoms with Crippen LogP contribution < -0.4 is 10.7 Å². The number of thiocarbonyl (C=S) groups is 1. The van der Waals surface area contributed by atoms with E-state index < -0.39 is 11.6 Å². The van der Waals surface area contributed by atoms with E-state index in [1.165, 1.54) is 12.1 Å². The van der Waals surface area contributed by atoms with E-state index in [9.17, 15) is 8.78 Å². The molecule has 0 atom stereocenters. The number of rotatable bonds is 4. The number of hydrazone groups is 1. The highest BCUT2D eigenvalue weighted by Gasteiger charge is 2.03. The fourth-order valence-electron chi connectivity index (χ4n) is 1.40. The van der Waals surface area contributed by atoms with Crippen LogP contribution in [-0.4, -0.2) is 11.3 Å². The molecule has 0 amide bonds. The van der Waals surface area contributed by atoms with Crippen LogP contribution in [0.2, 0.25) is 0 Å². The van der Waals surface area contributed by atoms with Gasteiger partial charge in [0.25, 0.3) is 0 Å². The van der Waals surface area contributed by atoms with Crippen molar-refractivity contribution in [2.24, 2.45) is 5.10 Å². The summed E-state index contributed by atoms with van der Waals surface area (Å²) in [7, 11) is 0. The molecule has 1 aromatic heterocycles. The number of thiophene rings is 1. The number of benzene rings is 1. The zero-order chi connectivity index (χ0) is 14.4. The van der Waals surface area contributed by atoms with Gasteiger partial charge in [-0.3, -0.25) is 5.43 Å². The summed E-state index contributed by atoms with van der Waals surface area (Å²) in [6.45, 7) is 0.159. The fourth-order valence-corrected chi connectivity index (χ4v) is 2.11. The van der Waals surface area contributed by atoms with Gasteiger partial charge in [-0.1, -0.05) is 12.1 Å². The van der Waals surface area contributed by atoms with Gasteiger partial charge in [0.2, 0.25) is 0 Å². The molecule has 0 fully saturated rings. The Bertz CT molecular complexity index is 612. The van der Waals surface area contributed by atoms with Crippen molar-refractivity contribution in [3.8, 4) is 0 Å². The van der Waals surface area contributed by atoms with Gasteiger partial charge in [-0.05, 0) is 29.7 Å². The van der Waals surface area contributed by atoms with E-state index >= 15 is 0 Å². The lowest BCUT2D eigenvalue weighted by Crippen LogP contribution is -2.31. The molecular weight excluding hydrogens is 300 g/mol. The molecular formula is C13H11F2N3S2. The normalized spacial score (nSPS) is 10.7. The van der Waals surface area contributed by atoms with Crippen LogP contribution in [0.4, 0.5) is 8.78 Å². The van der Waals surface area contributed by atoms with Crippen LogP contribution in [0.5, 0.6) is 0 Å². The first kappa shape index (κ1) is 14.5. The lowest BCUT2D eigenvalue weighted by molar-refractivity contribution is 0.569. The van der Waals surface area contributed by atoms with Crippen molar-refractivity contribution < 1.29 is 8.78 Å². The van der Waals surface area contributed by atoms with E-state index in [0.717, 1.165) is 10.9 Å². The van der Waals surface area contributed by atoms with Gasteiger partial charge in [-0.2, -0.15) is 5.10 Å². The van der Waals surface area contributed by atoms with Gasteiger partial charge in [-0.25, -0.2) is 8.78 Å². The quantitative estimate of drug-likeness (QED) is 0.518. The Morgan fingerprint density at radius 3 is 2.90 bits per heavy atom. The predicted octanol–water partition coefficient (Wildman–Crippen LogP) is 3.02. The Labute approximate surface area is 124 Å². The maximum Gasteiger partial charge on any atom is 0.187 e. The Kier molecular flexibility index (Phi) is 5.14. The second-order valence-electron chi connectivity index (χ2n) is 3.80. The van der Waals surface area contributed by atoms with Crippen LogP contribution in [-0.2, 0) is 6.54 Å². The lowest BCUT2D eigenvalue weighted by atomic mass is 10.2. The first-order valence-corrected chi connectivity index (χ1v) is 6.98. The number of halogens is 2. The lowest BCUT2D eigenvalue weighted by Gasteiger charge is -2.07. The van der Waals surface area contributed by atoms with Crippen molar-refractivity contribution in [1.82, 2.24) is 10.7 Å². The molecule has 0 aliphatic carbocycles. The van der Waals surface area contributed by atoms with Gasteiger partial charge < -0.3 is 5.32 Å². The van der Waals surface area contributed by atoms with Crippen molar-refractivity contribution in [1.29, 1.82) is 0 Å². The van der Waals surface area contributed by atoms with E-state index in [1.54, 1.807) is 17.6 Å². The molecule has 0 radical (unpaired) electrons. The van der Waals surface area contributed by atoms with Crippen LogP contribution in [0.1, 0.15) is 10.4 Å². The molecule has 0 unspecified atom stereocenters. The average molecular weight is 311 g/mol. The third-order valence-corrected chi connectivity index (χ3v) is 3.40. The Balaban J connectivity index is 1.80. The highest BCUT2D eigenvalue weighted by molar-refractivity contribution is 7.80. The molecule has 0 saturated heterocycles. The van der Waals surface area contributed by atoms with Gasteiger partial charge in [0.1, 0.15) is 11.6 Å². The summed E-state index contributed by atoms with van der Waals surface area (Å²) in [5.41, 5.74) is 2.95. The van der Waals surface area contributed by atoms with Crippen molar-refractivity contribution >= 4 is 34.9 Å². The van der Waals surface area contributed by atoms with Gasteiger partial charge in [0.05, 0.1) is 6.21 Å². The maximum absolute atomic E-state index is 13.4. The predicted molar refractivity (Wildman–Crippen MR) is 80.8 cm³/mol. The van der Waals surface area contributed by atoms with Gasteiger partial charge in [0.15, 0.2) is 5.11 Å². The molecule has 2 rings (SSSR count). The van der Waals surface area contributed by atoms with Crippen molar-refractivity contribution in [3.05, 3.63) is 57.8 Å². The van der Waals surface area contributed by atoms with Gasteiger partial charge in [0, 0.05) is 23.1 Å². The summed E-state index contributed by atoms with van der Waals surface area (Å²) < 4.78 is 26.1. The van der Waals surface area contributed by atoms with Gasteiger partial charge >= 0.3 is 0 Å². The maximum atomic E-state index is 13.4. The van der Waals surface area contributed by atoms with Crippen LogP contribution >= 0.6 is 23.6 Å². The molecule has 0 bridgehead atoms. The monoisotopic (exact) mass is 311 g/mol. The largest absolute Gasteiger partial charge is 0.357 e. The topological polar surface area (TPSA) is 36.4 Å².